The third-order valence-corrected chi connectivity index (χ3v) is 2.76. The normalized spacial score (nSPS) is 12.9. The molecule has 1 N–H and O–H groups in total. The summed E-state index contributed by atoms with van der Waals surface area (Å²) in [6.07, 6.45) is 7.63. The molecule has 0 aliphatic heterocycles. The second-order valence-electron chi connectivity index (χ2n) is 4.60. The van der Waals surface area contributed by atoms with Crippen LogP contribution in [0.4, 0.5) is 0 Å². The summed E-state index contributed by atoms with van der Waals surface area (Å²) < 4.78 is 10.9. The van der Waals surface area contributed by atoms with Gasteiger partial charge in [-0.15, -0.1) is 0 Å². The predicted octanol–water partition coefficient (Wildman–Crippen LogP) is 2.99. The van der Waals surface area contributed by atoms with Gasteiger partial charge in [-0.05, 0) is 19.4 Å². The number of ether oxygens (including phenoxy) is 2. The van der Waals surface area contributed by atoms with E-state index in [1.54, 1.807) is 7.11 Å². The first-order valence-corrected chi connectivity index (χ1v) is 7.15. The maximum absolute atomic E-state index is 5.68. The van der Waals surface area contributed by atoms with Gasteiger partial charge in [0.15, 0.2) is 0 Å². The summed E-state index contributed by atoms with van der Waals surface area (Å²) in [6, 6.07) is 0.343. The van der Waals surface area contributed by atoms with Crippen LogP contribution < -0.4 is 5.32 Å². The highest BCUT2D eigenvalue weighted by Crippen LogP contribution is 2.02. The lowest BCUT2D eigenvalue weighted by atomic mass is 10.2. The third kappa shape index (κ3) is 12.1. The topological polar surface area (TPSA) is 30.5 Å². The molecular weight excluding hydrogens is 214 g/mol. The minimum Gasteiger partial charge on any atom is -0.383 e. The van der Waals surface area contributed by atoms with E-state index in [1.807, 2.05) is 0 Å². The second kappa shape index (κ2) is 13.9. The molecule has 0 aromatic carbocycles. The molecule has 0 heterocycles. The monoisotopic (exact) mass is 245 g/mol. The lowest BCUT2D eigenvalue weighted by Crippen LogP contribution is -2.37. The van der Waals surface area contributed by atoms with Gasteiger partial charge < -0.3 is 14.8 Å². The Labute approximate surface area is 107 Å². The van der Waals surface area contributed by atoms with Gasteiger partial charge in [-0.2, -0.15) is 0 Å². The van der Waals surface area contributed by atoms with E-state index in [2.05, 4.69) is 19.2 Å². The van der Waals surface area contributed by atoms with Gasteiger partial charge in [0.05, 0.1) is 19.3 Å². The summed E-state index contributed by atoms with van der Waals surface area (Å²) in [6.45, 7) is 7.83. The Morgan fingerprint density at radius 1 is 0.941 bits per heavy atom. The molecule has 17 heavy (non-hydrogen) atoms. The molecule has 0 aliphatic rings. The predicted molar refractivity (Wildman–Crippen MR) is 73.5 cm³/mol. The zero-order valence-electron chi connectivity index (χ0n) is 12.0. The highest BCUT2D eigenvalue weighted by Gasteiger charge is 2.06. The van der Waals surface area contributed by atoms with Gasteiger partial charge in [0.1, 0.15) is 0 Å². The summed E-state index contributed by atoms with van der Waals surface area (Å²) in [5, 5.41) is 3.43. The van der Waals surface area contributed by atoms with Crippen LogP contribution in [0.1, 0.15) is 52.4 Å². The molecule has 0 aliphatic carbocycles. The Balaban J connectivity index is 3.34. The van der Waals surface area contributed by atoms with Crippen molar-refractivity contribution < 1.29 is 9.47 Å². The molecule has 0 aromatic rings. The fourth-order valence-electron chi connectivity index (χ4n) is 1.75. The van der Waals surface area contributed by atoms with E-state index in [1.165, 1.54) is 32.1 Å². The first kappa shape index (κ1) is 16.9. The van der Waals surface area contributed by atoms with Crippen molar-refractivity contribution in [1.82, 2.24) is 5.32 Å². The van der Waals surface area contributed by atoms with Crippen LogP contribution in [-0.4, -0.2) is 39.5 Å². The summed E-state index contributed by atoms with van der Waals surface area (Å²) in [5.74, 6) is 0. The number of nitrogens with one attached hydrogen (secondary N) is 1. The summed E-state index contributed by atoms with van der Waals surface area (Å²) >= 11 is 0. The number of unbranched alkanes of at least 4 members (excludes halogenated alkanes) is 4. The van der Waals surface area contributed by atoms with Crippen molar-refractivity contribution in [3.8, 4) is 0 Å². The Hall–Kier alpha value is -0.120. The van der Waals surface area contributed by atoms with E-state index >= 15 is 0 Å². The van der Waals surface area contributed by atoms with Gasteiger partial charge in [-0.1, -0.05) is 39.5 Å². The minimum atomic E-state index is 0.343. The van der Waals surface area contributed by atoms with Gasteiger partial charge in [0, 0.05) is 13.7 Å². The minimum absolute atomic E-state index is 0.343. The van der Waals surface area contributed by atoms with E-state index in [0.717, 1.165) is 32.8 Å². The van der Waals surface area contributed by atoms with E-state index in [0.29, 0.717) is 6.04 Å². The summed E-state index contributed by atoms with van der Waals surface area (Å²) in [7, 11) is 1.74. The van der Waals surface area contributed by atoms with Crippen molar-refractivity contribution in [1.29, 1.82) is 0 Å². The zero-order valence-corrected chi connectivity index (χ0v) is 12.0. The van der Waals surface area contributed by atoms with E-state index in [-0.39, 0.29) is 0 Å². The number of rotatable bonds is 13. The number of methoxy groups -OCH3 is 1. The molecular formula is C14H31NO2. The Morgan fingerprint density at radius 2 is 1.71 bits per heavy atom. The first-order chi connectivity index (χ1) is 8.35. The third-order valence-electron chi connectivity index (χ3n) is 2.76. The largest absolute Gasteiger partial charge is 0.383 e. The first-order valence-electron chi connectivity index (χ1n) is 7.15. The van der Waals surface area contributed by atoms with Gasteiger partial charge >= 0.3 is 0 Å². The summed E-state index contributed by atoms with van der Waals surface area (Å²) in [4.78, 5) is 0. The highest BCUT2D eigenvalue weighted by molar-refractivity contribution is 4.64. The Morgan fingerprint density at radius 3 is 2.35 bits per heavy atom. The van der Waals surface area contributed by atoms with Crippen molar-refractivity contribution in [2.45, 2.75) is 58.4 Å². The van der Waals surface area contributed by atoms with Crippen LogP contribution in [0.5, 0.6) is 0 Å². The van der Waals surface area contributed by atoms with Crippen molar-refractivity contribution >= 4 is 0 Å². The maximum atomic E-state index is 5.68. The molecule has 3 nitrogen and oxygen atoms in total. The van der Waals surface area contributed by atoms with Crippen LogP contribution in [0.3, 0.4) is 0 Å². The summed E-state index contributed by atoms with van der Waals surface area (Å²) in [5.41, 5.74) is 0. The van der Waals surface area contributed by atoms with Crippen LogP contribution in [0.2, 0.25) is 0 Å². The SMILES string of the molecule is CCCCCCCOCC(COC)NCCC. The van der Waals surface area contributed by atoms with Gasteiger partial charge in [0.2, 0.25) is 0 Å². The molecule has 0 saturated heterocycles. The van der Waals surface area contributed by atoms with Crippen LogP contribution in [-0.2, 0) is 9.47 Å². The smallest absolute Gasteiger partial charge is 0.0642 e. The molecule has 1 atom stereocenters. The lowest BCUT2D eigenvalue weighted by molar-refractivity contribution is 0.0723. The van der Waals surface area contributed by atoms with Crippen LogP contribution in [0, 0.1) is 0 Å². The zero-order chi connectivity index (χ0) is 12.8. The maximum Gasteiger partial charge on any atom is 0.0642 e. The highest BCUT2D eigenvalue weighted by atomic mass is 16.5. The Bertz CT molecular complexity index is 142. The molecule has 0 radical (unpaired) electrons. The molecule has 0 rings (SSSR count). The fraction of sp³-hybridized carbons (Fsp3) is 1.00. The number of hydrogen-bond acceptors (Lipinski definition) is 3. The average Bonchev–Trinajstić information content (AvgIpc) is 2.34. The van der Waals surface area contributed by atoms with Crippen LogP contribution in [0.25, 0.3) is 0 Å². The molecule has 0 spiro atoms. The standard InChI is InChI=1S/C14H31NO2/c1-4-6-7-8-9-11-17-13-14(12-16-3)15-10-5-2/h14-15H,4-13H2,1-3H3. The quantitative estimate of drug-likeness (QED) is 0.506. The Kier molecular flexibility index (Phi) is 13.8. The van der Waals surface area contributed by atoms with E-state index in [9.17, 15) is 0 Å². The lowest BCUT2D eigenvalue weighted by Gasteiger charge is -2.17. The van der Waals surface area contributed by atoms with Crippen molar-refractivity contribution in [3.63, 3.8) is 0 Å². The molecule has 0 amide bonds. The molecule has 104 valence electrons. The van der Waals surface area contributed by atoms with E-state index in [4.69, 9.17) is 9.47 Å². The molecule has 0 fully saturated rings. The number of hydrogen-bond donors (Lipinski definition) is 1. The van der Waals surface area contributed by atoms with Crippen molar-refractivity contribution in [2.75, 3.05) is 33.5 Å². The van der Waals surface area contributed by atoms with Crippen molar-refractivity contribution in [2.24, 2.45) is 0 Å². The average molecular weight is 245 g/mol. The van der Waals surface area contributed by atoms with Crippen LogP contribution in [0.15, 0.2) is 0 Å². The van der Waals surface area contributed by atoms with Gasteiger partial charge in [0.25, 0.3) is 0 Å². The molecule has 0 bridgehead atoms. The molecule has 0 aromatic heterocycles. The molecule has 3 heteroatoms. The molecule has 1 unspecified atom stereocenters. The fourth-order valence-corrected chi connectivity index (χ4v) is 1.75. The van der Waals surface area contributed by atoms with E-state index < -0.39 is 0 Å². The van der Waals surface area contributed by atoms with Gasteiger partial charge in [-0.25, -0.2) is 0 Å². The second-order valence-corrected chi connectivity index (χ2v) is 4.60. The van der Waals surface area contributed by atoms with Crippen molar-refractivity contribution in [3.05, 3.63) is 0 Å². The molecule has 0 saturated carbocycles. The van der Waals surface area contributed by atoms with Crippen LogP contribution >= 0.6 is 0 Å². The van der Waals surface area contributed by atoms with Gasteiger partial charge in [-0.3, -0.25) is 0 Å².